The first kappa shape index (κ1) is 86.7. The van der Waals surface area contributed by atoms with Crippen molar-refractivity contribution < 1.29 is 13.2 Å². The molecule has 0 unspecified atom stereocenters. The normalized spacial score (nSPS) is 13.1. The van der Waals surface area contributed by atoms with E-state index < -0.39 is 0 Å². The molecule has 2 aliphatic heterocycles. The fourth-order valence-electron chi connectivity index (χ4n) is 15.3. The lowest BCUT2D eigenvalue weighted by Crippen LogP contribution is -2.31. The van der Waals surface area contributed by atoms with Gasteiger partial charge in [0.2, 0.25) is 31.7 Å². The molecule has 0 bridgehead atoms. The number of aromatic amines is 6. The molecule has 0 atom stereocenters. The number of nitrogens with one attached hydrogen (secondary N) is 13. The van der Waals surface area contributed by atoms with Gasteiger partial charge in [-0.1, -0.05) is 54.6 Å². The van der Waals surface area contributed by atoms with Gasteiger partial charge >= 0.3 is 0 Å². The summed E-state index contributed by atoms with van der Waals surface area (Å²) >= 11 is 35.9. The van der Waals surface area contributed by atoms with Crippen LogP contribution in [0.5, 0.6) is 0 Å². The van der Waals surface area contributed by atoms with Crippen molar-refractivity contribution in [1.82, 2.24) is 141 Å². The summed E-state index contributed by atoms with van der Waals surface area (Å²) in [6.07, 6.45) is 11.8. The number of rotatable bonds is 14. The van der Waals surface area contributed by atoms with Crippen LogP contribution in [0, 0.1) is 38.2 Å². The van der Waals surface area contributed by atoms with Gasteiger partial charge in [-0.2, -0.15) is 40.6 Å². The highest BCUT2D eigenvalue weighted by Gasteiger charge is 2.27. The summed E-state index contributed by atoms with van der Waals surface area (Å²) in [5.74, 6) is 6.56. The molecule has 23 rings (SSSR count). The summed E-state index contributed by atoms with van der Waals surface area (Å²) in [5.41, 5.74) is 17.3. The van der Waals surface area contributed by atoms with Gasteiger partial charge in [0, 0.05) is 124 Å². The molecule has 0 saturated heterocycles. The van der Waals surface area contributed by atoms with Gasteiger partial charge in [0.15, 0.2) is 51.9 Å². The molecule has 15 heterocycles. The number of nitrogens with zero attached hydrogens (tertiary/aromatic N) is 21. The maximum Gasteiger partial charge on any atom is 0.226 e. The van der Waals surface area contributed by atoms with Crippen molar-refractivity contribution in [3.8, 4) is 0 Å². The van der Waals surface area contributed by atoms with E-state index in [0.717, 1.165) is 195 Å². The lowest BCUT2D eigenvalue weighted by Gasteiger charge is -2.29. The lowest BCUT2D eigenvalue weighted by molar-refractivity contribution is 0.241. The van der Waals surface area contributed by atoms with Gasteiger partial charge in [-0.3, -0.25) is 35.5 Å². The van der Waals surface area contributed by atoms with Crippen LogP contribution in [0.15, 0.2) is 152 Å². The summed E-state index contributed by atoms with van der Waals surface area (Å²) in [7, 11) is 0. The van der Waals surface area contributed by atoms with E-state index in [1.807, 2.05) is 93.6 Å². The van der Waals surface area contributed by atoms with Crippen molar-refractivity contribution in [2.45, 2.75) is 98.2 Å². The van der Waals surface area contributed by atoms with Gasteiger partial charge in [0.1, 0.15) is 46.5 Å². The van der Waals surface area contributed by atoms with E-state index in [1.165, 1.54) is 42.0 Å². The Morgan fingerprint density at radius 1 is 0.354 bits per heavy atom. The van der Waals surface area contributed by atoms with Crippen LogP contribution in [0.4, 0.5) is 83.0 Å². The molecule has 34 nitrogen and oxygen atoms in total. The first-order valence-corrected chi connectivity index (χ1v) is 43.3. The van der Waals surface area contributed by atoms with E-state index in [0.29, 0.717) is 92.8 Å². The van der Waals surface area contributed by atoms with Crippen LogP contribution in [-0.2, 0) is 58.2 Å². The third-order valence-corrected chi connectivity index (χ3v) is 22.7. The number of hydrogen-bond acceptors (Lipinski definition) is 28. The Kier molecular flexibility index (Phi) is 25.9. The molecule has 130 heavy (non-hydrogen) atoms. The number of halogens is 9. The van der Waals surface area contributed by atoms with Crippen molar-refractivity contribution in [1.29, 1.82) is 0 Å². The lowest BCUT2D eigenvalue weighted by atomic mass is 9.96. The molecular weight excluding hydrogens is 1790 g/mol. The van der Waals surface area contributed by atoms with Crippen LogP contribution in [0.2, 0.25) is 31.7 Å². The summed E-state index contributed by atoms with van der Waals surface area (Å²) in [4.78, 5) is 61.5. The summed E-state index contributed by atoms with van der Waals surface area (Å²) < 4.78 is 40.5. The highest BCUT2D eigenvalue weighted by molar-refractivity contribution is 6.30. The quantitative estimate of drug-likeness (QED) is 0.0450. The second kappa shape index (κ2) is 38.9. The minimum absolute atomic E-state index is 0.109. The van der Waals surface area contributed by atoms with Crippen molar-refractivity contribution in [2.24, 2.45) is 0 Å². The van der Waals surface area contributed by atoms with Crippen LogP contribution in [0.3, 0.4) is 0 Å². The smallest absolute Gasteiger partial charge is 0.226 e. The molecule has 0 amide bonds. The predicted molar refractivity (Wildman–Crippen MR) is 497 cm³/mol. The van der Waals surface area contributed by atoms with Crippen LogP contribution in [-0.4, -0.2) is 149 Å². The fourth-order valence-corrected chi connectivity index (χ4v) is 16.4. The van der Waals surface area contributed by atoms with Crippen molar-refractivity contribution in [2.75, 3.05) is 45.0 Å². The van der Waals surface area contributed by atoms with E-state index in [-0.39, 0.29) is 49.2 Å². The highest BCUT2D eigenvalue weighted by atomic mass is 35.5. The molecule has 19 aromatic rings. The largest absolute Gasteiger partial charge is 0.323 e. The topological polar surface area (TPSA) is 440 Å². The average molecular weight is 1870 g/mol. The Balaban J connectivity index is 0.000000106. The first-order chi connectivity index (χ1) is 63.2. The van der Waals surface area contributed by atoms with Crippen molar-refractivity contribution in [3.05, 3.63) is 269 Å². The monoisotopic (exact) mass is 1860 g/mol. The number of benzene rings is 6. The second-order valence-corrected chi connectivity index (χ2v) is 32.4. The Labute approximate surface area is 766 Å². The molecule has 656 valence electrons. The van der Waals surface area contributed by atoms with Gasteiger partial charge in [-0.05, 0) is 226 Å². The Hall–Kier alpha value is -14.1. The van der Waals surface area contributed by atoms with Gasteiger partial charge in [0.25, 0.3) is 0 Å². The van der Waals surface area contributed by atoms with Crippen molar-refractivity contribution >= 4 is 205 Å². The fraction of sp³-hybridized carbons (Fsp3) is 0.195. The van der Waals surface area contributed by atoms with Gasteiger partial charge in [-0.15, -0.1) is 0 Å². The second-order valence-electron chi connectivity index (χ2n) is 30.3. The molecule has 2 aliphatic carbocycles. The van der Waals surface area contributed by atoms with Crippen LogP contribution in [0.25, 0.3) is 65.7 Å². The number of anilines is 12. The maximum absolute atomic E-state index is 13.7. The van der Waals surface area contributed by atoms with E-state index in [4.69, 9.17) is 69.6 Å². The number of hydrogen-bond donors (Lipinski definition) is 13. The zero-order chi connectivity index (χ0) is 89.5. The third kappa shape index (κ3) is 20.1. The molecule has 0 saturated carbocycles. The minimum atomic E-state index is -0.318. The minimum Gasteiger partial charge on any atom is -0.323 e. The molecule has 13 N–H and O–H groups in total. The molecule has 0 fully saturated rings. The summed E-state index contributed by atoms with van der Waals surface area (Å²) in [6, 6.07) is 41.5. The number of aryl methyl sites for hydroxylation is 4. The number of H-pyrrole nitrogens is 6. The highest BCUT2D eigenvalue weighted by Crippen LogP contribution is 2.37. The molecule has 6 aromatic carbocycles. The predicted octanol–water partition coefficient (Wildman–Crippen LogP) is 19.2. The Morgan fingerprint density at radius 2 is 0.777 bits per heavy atom. The van der Waals surface area contributed by atoms with Crippen LogP contribution >= 0.6 is 69.6 Å². The van der Waals surface area contributed by atoms with E-state index in [9.17, 15) is 13.2 Å². The zero-order valence-corrected chi connectivity index (χ0v) is 73.7. The average Bonchev–Trinajstić information content (AvgIpc) is 1.56. The van der Waals surface area contributed by atoms with Gasteiger partial charge in [0.05, 0.1) is 50.4 Å². The molecule has 43 heteroatoms. The van der Waals surface area contributed by atoms with Crippen LogP contribution < -0.4 is 37.2 Å². The summed E-state index contributed by atoms with van der Waals surface area (Å²) in [5, 5.41) is 70.3. The van der Waals surface area contributed by atoms with Gasteiger partial charge in [-0.25, -0.2) is 73.0 Å². The Morgan fingerprint density at radius 3 is 1.32 bits per heavy atom. The van der Waals surface area contributed by atoms with E-state index >= 15 is 0 Å². The molecule has 4 aliphatic rings. The number of fused-ring (bicyclic) bond motifs is 10. The Bertz CT molecular complexity index is 7370. The first-order valence-electron chi connectivity index (χ1n) is 41.0. The van der Waals surface area contributed by atoms with E-state index in [1.54, 1.807) is 30.6 Å². The third-order valence-electron chi connectivity index (χ3n) is 21.7. The summed E-state index contributed by atoms with van der Waals surface area (Å²) in [6.45, 7) is 9.70. The molecule has 0 radical (unpaired) electrons. The molecule has 0 spiro atoms. The standard InChI is InChI=1S/C21H18ClFN6.C15H14ClN5.C14H12ClFN6.C14H11ClFN5.C13H12ClN5.C10H8ClN7/c22-21-24-18-12-29(11-13-4-2-1-3-5-13)9-8-15(18)19(26-21)25-20-16-10-14(23)6-7-17(16)27-28-20;16-15-17-11-7-3-1-5-9(11)13(19-15)18-14-10-6-2-4-8-12(10)20-21-14;15-14-18-10-3-4-17-6-9(10)12(20-14)19-13-8-5-7(16)1-2-11(8)21-22-13;15-14-17-10-3-1-2-8(10)12(19-14)18-13-9-6-7(16)4-5-11(9)20-21-13;1-7-8(2)15-13(14)17-11(7)16-12-9-5-3-4-6-10(9)18-19-12;1-5-4-6(18-17-5)14-9-7-8(13-3-2-12-7)15-10(11)16-9/h1-7,10H,8-9,11-12H2,(H2,24,25,26,27,28);2,4,6,8H,1,3,5,7H2,(H2,17,18,19,20,21);1-2,5,17H,3-4,6H2,(H2,18,19,20,21,22);4-6H,1-3H2,(H2,17,18,19,20,21);3-6H,1-2H3,(H2,15,16,17,18,19);2-4H,1H3,(H2,13,14,15,16,17,18). The van der Waals surface area contributed by atoms with Crippen molar-refractivity contribution in [3.63, 3.8) is 0 Å². The zero-order valence-electron chi connectivity index (χ0n) is 69.1. The SMILES string of the molecule is Cc1cc(Nc2nc(Cl)nc3nccnc23)n[nH]1.Cc1nc(Cl)nc(Nc2n[nH]c3ccccc23)c1C.Clc1nc2c(c(Nc3n[nH]c4ccccc34)n1)CCCC2.Fc1ccc2[nH]nc(Nc3nc(Cl)nc4c3CCC4)c2c1.Fc1ccc2[nH]nc(Nc3nc(Cl)nc4c3CCN(Cc3ccccc3)C4)c2c1.Fc1ccc2[nH]nc(Nc3nc(Cl)nc4c3CNCC4)c2c1. The molecular formula is C87H75Cl6F3N34. The maximum atomic E-state index is 13.7. The molecule has 13 aromatic heterocycles. The number of aromatic nitrogens is 26. The van der Waals surface area contributed by atoms with Gasteiger partial charge < -0.3 is 37.2 Å². The number of para-hydroxylation sites is 2. The van der Waals surface area contributed by atoms with Crippen LogP contribution in [0.1, 0.15) is 86.8 Å². The van der Waals surface area contributed by atoms with E-state index in [2.05, 4.69) is 185 Å².